The normalized spacial score (nSPS) is 18.5. The maximum Gasteiger partial charge on any atom is 0.0937 e. The standard InChI is InChI=1S/C12H17NO2/c14-12(8-13-15)11-6-4-10(5-7-11)9-2-1-3-9/h4-7,9,12-15H,1-3,8H2. The van der Waals surface area contributed by atoms with Crippen LogP contribution in [0.5, 0.6) is 0 Å². The van der Waals surface area contributed by atoms with Crippen LogP contribution in [0.1, 0.15) is 42.4 Å². The number of nitrogens with one attached hydrogen (secondary N) is 1. The predicted octanol–water partition coefficient (Wildman–Crippen LogP) is 1.97. The Bertz CT molecular complexity index is 306. The van der Waals surface area contributed by atoms with E-state index >= 15 is 0 Å². The summed E-state index contributed by atoms with van der Waals surface area (Å²) < 4.78 is 0. The van der Waals surface area contributed by atoms with E-state index in [1.165, 1.54) is 24.8 Å². The molecule has 1 atom stereocenters. The third-order valence-electron chi connectivity index (χ3n) is 3.18. The zero-order valence-corrected chi connectivity index (χ0v) is 8.69. The van der Waals surface area contributed by atoms with Gasteiger partial charge in [-0.3, -0.25) is 0 Å². The van der Waals surface area contributed by atoms with Gasteiger partial charge in [-0.1, -0.05) is 30.7 Å². The molecule has 1 fully saturated rings. The van der Waals surface area contributed by atoms with Crippen LogP contribution >= 0.6 is 0 Å². The zero-order chi connectivity index (χ0) is 10.7. The van der Waals surface area contributed by atoms with E-state index in [9.17, 15) is 5.11 Å². The van der Waals surface area contributed by atoms with Crippen molar-refractivity contribution in [2.75, 3.05) is 6.54 Å². The van der Waals surface area contributed by atoms with E-state index in [4.69, 9.17) is 5.21 Å². The van der Waals surface area contributed by atoms with Crippen LogP contribution in [-0.2, 0) is 0 Å². The molecule has 1 aromatic rings. The molecule has 82 valence electrons. The third-order valence-corrected chi connectivity index (χ3v) is 3.18. The number of aliphatic hydroxyl groups is 1. The van der Waals surface area contributed by atoms with Crippen molar-refractivity contribution in [3.8, 4) is 0 Å². The van der Waals surface area contributed by atoms with Gasteiger partial charge in [0.1, 0.15) is 0 Å². The monoisotopic (exact) mass is 207 g/mol. The van der Waals surface area contributed by atoms with Gasteiger partial charge in [0.05, 0.1) is 12.6 Å². The highest BCUT2D eigenvalue weighted by Gasteiger charge is 2.19. The van der Waals surface area contributed by atoms with Crippen molar-refractivity contribution in [1.82, 2.24) is 5.48 Å². The highest BCUT2D eigenvalue weighted by Crippen LogP contribution is 2.36. The lowest BCUT2D eigenvalue weighted by molar-refractivity contribution is 0.0921. The Labute approximate surface area is 89.7 Å². The van der Waals surface area contributed by atoms with E-state index < -0.39 is 6.10 Å². The summed E-state index contributed by atoms with van der Waals surface area (Å²) in [5.41, 5.74) is 4.19. The molecule has 1 aliphatic carbocycles. The molecule has 0 bridgehead atoms. The van der Waals surface area contributed by atoms with E-state index in [0.717, 1.165) is 11.5 Å². The van der Waals surface area contributed by atoms with Crippen molar-refractivity contribution in [3.63, 3.8) is 0 Å². The van der Waals surface area contributed by atoms with Crippen molar-refractivity contribution in [1.29, 1.82) is 0 Å². The number of hydrogen-bond donors (Lipinski definition) is 3. The van der Waals surface area contributed by atoms with Crippen LogP contribution in [-0.4, -0.2) is 16.9 Å². The van der Waals surface area contributed by atoms with Gasteiger partial charge in [0.25, 0.3) is 0 Å². The predicted molar refractivity (Wildman–Crippen MR) is 57.8 cm³/mol. The van der Waals surface area contributed by atoms with Crippen molar-refractivity contribution < 1.29 is 10.3 Å². The average molecular weight is 207 g/mol. The summed E-state index contributed by atoms with van der Waals surface area (Å²) in [6.45, 7) is 0.169. The maximum atomic E-state index is 9.60. The topological polar surface area (TPSA) is 52.5 Å². The van der Waals surface area contributed by atoms with Gasteiger partial charge in [-0.2, -0.15) is 0 Å². The Balaban J connectivity index is 2.02. The van der Waals surface area contributed by atoms with Crippen LogP contribution in [0, 0.1) is 0 Å². The molecule has 0 radical (unpaired) electrons. The lowest BCUT2D eigenvalue weighted by Crippen LogP contribution is -2.17. The summed E-state index contributed by atoms with van der Waals surface area (Å²) in [4.78, 5) is 0. The minimum Gasteiger partial charge on any atom is -0.387 e. The molecule has 3 heteroatoms. The molecule has 3 N–H and O–H groups in total. The van der Waals surface area contributed by atoms with E-state index in [0.29, 0.717) is 0 Å². The Hall–Kier alpha value is -0.900. The van der Waals surface area contributed by atoms with Crippen molar-refractivity contribution in [2.24, 2.45) is 0 Å². The molecule has 2 rings (SSSR count). The molecule has 1 aromatic carbocycles. The molecule has 3 nitrogen and oxygen atoms in total. The average Bonchev–Trinajstić information content (AvgIpc) is 2.16. The summed E-state index contributed by atoms with van der Waals surface area (Å²) in [5, 5.41) is 18.1. The van der Waals surface area contributed by atoms with E-state index in [1.54, 1.807) is 0 Å². The highest BCUT2D eigenvalue weighted by molar-refractivity contribution is 5.27. The second-order valence-electron chi connectivity index (χ2n) is 4.17. The van der Waals surface area contributed by atoms with Crippen LogP contribution in [0.15, 0.2) is 24.3 Å². The first-order valence-corrected chi connectivity index (χ1v) is 5.46. The number of hydrogen-bond acceptors (Lipinski definition) is 3. The summed E-state index contributed by atoms with van der Waals surface area (Å²) in [6, 6.07) is 8.05. The van der Waals surface area contributed by atoms with Crippen LogP contribution in [0.2, 0.25) is 0 Å². The van der Waals surface area contributed by atoms with Crippen LogP contribution < -0.4 is 5.48 Å². The summed E-state index contributed by atoms with van der Waals surface area (Å²) in [5.74, 6) is 0.729. The van der Waals surface area contributed by atoms with Crippen molar-refractivity contribution >= 4 is 0 Å². The Morgan fingerprint density at radius 1 is 1.27 bits per heavy atom. The minimum absolute atomic E-state index is 0.169. The molecule has 15 heavy (non-hydrogen) atoms. The molecular formula is C12H17NO2. The van der Waals surface area contributed by atoms with E-state index in [2.05, 4.69) is 12.1 Å². The van der Waals surface area contributed by atoms with E-state index in [1.807, 2.05) is 17.6 Å². The van der Waals surface area contributed by atoms with Gasteiger partial charge in [-0.25, -0.2) is 5.48 Å². The first-order valence-electron chi connectivity index (χ1n) is 5.46. The quantitative estimate of drug-likeness (QED) is 0.662. The Morgan fingerprint density at radius 3 is 2.40 bits per heavy atom. The fourth-order valence-corrected chi connectivity index (χ4v) is 1.94. The third kappa shape index (κ3) is 2.37. The molecule has 0 heterocycles. The number of hydroxylamine groups is 1. The van der Waals surface area contributed by atoms with Crippen LogP contribution in [0.3, 0.4) is 0 Å². The lowest BCUT2D eigenvalue weighted by atomic mass is 9.80. The Morgan fingerprint density at radius 2 is 1.93 bits per heavy atom. The Kier molecular flexibility index (Phi) is 3.36. The van der Waals surface area contributed by atoms with E-state index in [-0.39, 0.29) is 6.54 Å². The fourth-order valence-electron chi connectivity index (χ4n) is 1.94. The largest absolute Gasteiger partial charge is 0.387 e. The number of rotatable bonds is 4. The van der Waals surface area contributed by atoms with Gasteiger partial charge in [0, 0.05) is 0 Å². The molecule has 1 aliphatic rings. The molecule has 0 amide bonds. The van der Waals surface area contributed by atoms with Gasteiger partial charge in [0.15, 0.2) is 0 Å². The molecule has 0 aromatic heterocycles. The summed E-state index contributed by atoms with van der Waals surface area (Å²) in [6.07, 6.45) is 3.29. The van der Waals surface area contributed by atoms with Crippen molar-refractivity contribution in [3.05, 3.63) is 35.4 Å². The fraction of sp³-hybridized carbons (Fsp3) is 0.500. The number of aliphatic hydroxyl groups excluding tert-OH is 1. The van der Waals surface area contributed by atoms with Gasteiger partial charge < -0.3 is 10.3 Å². The molecule has 0 spiro atoms. The second kappa shape index (κ2) is 4.75. The van der Waals surface area contributed by atoms with Gasteiger partial charge in [0.2, 0.25) is 0 Å². The smallest absolute Gasteiger partial charge is 0.0937 e. The molecule has 1 unspecified atom stereocenters. The molecule has 1 saturated carbocycles. The summed E-state index contributed by atoms with van der Waals surface area (Å²) >= 11 is 0. The molecule has 0 aliphatic heterocycles. The van der Waals surface area contributed by atoms with Crippen molar-refractivity contribution in [2.45, 2.75) is 31.3 Å². The van der Waals surface area contributed by atoms with Gasteiger partial charge >= 0.3 is 0 Å². The SMILES string of the molecule is ONCC(O)c1ccc(C2CCC2)cc1. The number of benzene rings is 1. The lowest BCUT2D eigenvalue weighted by Gasteiger charge is -2.26. The first kappa shape index (κ1) is 10.6. The highest BCUT2D eigenvalue weighted by atomic mass is 16.5. The summed E-state index contributed by atoms with van der Waals surface area (Å²) in [7, 11) is 0. The molecule has 0 saturated heterocycles. The van der Waals surface area contributed by atoms with Crippen LogP contribution in [0.25, 0.3) is 0 Å². The van der Waals surface area contributed by atoms with Gasteiger partial charge in [-0.15, -0.1) is 0 Å². The minimum atomic E-state index is -0.634. The molecular weight excluding hydrogens is 190 g/mol. The second-order valence-corrected chi connectivity index (χ2v) is 4.17. The van der Waals surface area contributed by atoms with Gasteiger partial charge in [-0.05, 0) is 29.9 Å². The maximum absolute atomic E-state index is 9.60. The zero-order valence-electron chi connectivity index (χ0n) is 8.69. The van der Waals surface area contributed by atoms with Crippen LogP contribution in [0.4, 0.5) is 0 Å². The first-order chi connectivity index (χ1) is 7.31.